The van der Waals surface area contributed by atoms with Gasteiger partial charge in [-0.1, -0.05) is 32.9 Å². The second-order valence-corrected chi connectivity index (χ2v) is 10.8. The van der Waals surface area contributed by atoms with Crippen molar-refractivity contribution < 1.29 is 19.1 Å². The minimum atomic E-state index is -0.743. The molecule has 1 spiro atoms. The van der Waals surface area contributed by atoms with Gasteiger partial charge in [-0.15, -0.1) is 0 Å². The summed E-state index contributed by atoms with van der Waals surface area (Å²) in [6.07, 6.45) is 3.98. The van der Waals surface area contributed by atoms with Gasteiger partial charge < -0.3 is 19.3 Å². The zero-order valence-electron chi connectivity index (χ0n) is 21.5. The zero-order valence-corrected chi connectivity index (χ0v) is 21.5. The fourth-order valence-corrected chi connectivity index (χ4v) is 5.76. The number of nitrogens with zero attached hydrogens (tertiary/aromatic N) is 4. The van der Waals surface area contributed by atoms with Gasteiger partial charge in [0.15, 0.2) is 11.5 Å². The van der Waals surface area contributed by atoms with Gasteiger partial charge in [0.05, 0.1) is 12.2 Å². The molecule has 1 aromatic carbocycles. The number of hydrogen-bond donors (Lipinski definition) is 0. The molecule has 36 heavy (non-hydrogen) atoms. The molecule has 5 rings (SSSR count). The summed E-state index contributed by atoms with van der Waals surface area (Å²) in [6, 6.07) is 11.6. The number of carbonyl (C=O) groups is 2. The van der Waals surface area contributed by atoms with E-state index in [1.165, 1.54) is 10.5 Å². The van der Waals surface area contributed by atoms with E-state index in [0.717, 1.165) is 43.2 Å². The predicted molar refractivity (Wildman–Crippen MR) is 136 cm³/mol. The van der Waals surface area contributed by atoms with Gasteiger partial charge in [0.1, 0.15) is 5.54 Å². The average molecular weight is 493 g/mol. The highest BCUT2D eigenvalue weighted by atomic mass is 16.7. The van der Waals surface area contributed by atoms with Crippen molar-refractivity contribution in [3.05, 3.63) is 53.9 Å². The van der Waals surface area contributed by atoms with E-state index in [0.29, 0.717) is 25.3 Å². The van der Waals surface area contributed by atoms with Crippen LogP contribution < -0.4 is 9.47 Å². The van der Waals surface area contributed by atoms with Crippen LogP contribution in [-0.2, 0) is 17.8 Å². The molecule has 2 fully saturated rings. The van der Waals surface area contributed by atoms with E-state index in [1.807, 2.05) is 29.2 Å². The number of piperidine rings is 1. The SMILES string of the molecule is CC(C)CN1C(=O)N(Cc2ccccn2)C(=O)C12CCN(C[C@H](C)Cc1ccc3c(c1)OCO3)CC2. The summed E-state index contributed by atoms with van der Waals surface area (Å²) >= 11 is 0. The average Bonchev–Trinajstić information content (AvgIpc) is 3.40. The molecule has 3 aliphatic heterocycles. The largest absolute Gasteiger partial charge is 0.454 e. The first-order valence-electron chi connectivity index (χ1n) is 13.0. The maximum atomic E-state index is 13.7. The number of pyridine rings is 1. The molecule has 3 aliphatic rings. The van der Waals surface area contributed by atoms with E-state index in [1.54, 1.807) is 6.20 Å². The Hall–Kier alpha value is -3.13. The monoisotopic (exact) mass is 492 g/mol. The number of amides is 3. The van der Waals surface area contributed by atoms with Crippen molar-refractivity contribution in [2.45, 2.75) is 52.1 Å². The maximum absolute atomic E-state index is 13.7. The second kappa shape index (κ2) is 10.1. The van der Waals surface area contributed by atoms with Crippen LogP contribution in [0.15, 0.2) is 42.6 Å². The van der Waals surface area contributed by atoms with E-state index in [9.17, 15) is 9.59 Å². The van der Waals surface area contributed by atoms with E-state index in [4.69, 9.17) is 9.47 Å². The lowest BCUT2D eigenvalue weighted by Gasteiger charge is -2.43. The first-order chi connectivity index (χ1) is 17.4. The van der Waals surface area contributed by atoms with E-state index in [2.05, 4.69) is 42.8 Å². The summed E-state index contributed by atoms with van der Waals surface area (Å²) < 4.78 is 10.9. The molecular weight excluding hydrogens is 456 g/mol. The Labute approximate surface area is 213 Å². The lowest BCUT2D eigenvalue weighted by Crippen LogP contribution is -2.57. The summed E-state index contributed by atoms with van der Waals surface area (Å²) in [6.45, 7) is 10.1. The lowest BCUT2D eigenvalue weighted by molar-refractivity contribution is -0.136. The number of fused-ring (bicyclic) bond motifs is 1. The molecule has 4 heterocycles. The summed E-state index contributed by atoms with van der Waals surface area (Å²) in [5.74, 6) is 2.31. The summed E-state index contributed by atoms with van der Waals surface area (Å²) in [5, 5.41) is 0. The van der Waals surface area contributed by atoms with Crippen LogP contribution in [0.1, 0.15) is 44.9 Å². The van der Waals surface area contributed by atoms with Crippen LogP contribution in [0, 0.1) is 11.8 Å². The molecule has 8 heteroatoms. The molecular formula is C28H36N4O4. The highest BCUT2D eigenvalue weighted by Gasteiger charge is 2.57. The first-order valence-corrected chi connectivity index (χ1v) is 13.0. The van der Waals surface area contributed by atoms with Gasteiger partial charge >= 0.3 is 6.03 Å². The summed E-state index contributed by atoms with van der Waals surface area (Å²) in [5.41, 5.74) is 1.23. The molecule has 2 aromatic rings. The van der Waals surface area contributed by atoms with Gasteiger partial charge in [0.2, 0.25) is 6.79 Å². The molecule has 8 nitrogen and oxygen atoms in total. The number of imide groups is 1. The predicted octanol–water partition coefficient (Wildman–Crippen LogP) is 3.94. The van der Waals surface area contributed by atoms with Crippen LogP contribution in [-0.4, -0.2) is 70.1 Å². The van der Waals surface area contributed by atoms with Crippen LogP contribution >= 0.6 is 0 Å². The molecule has 0 bridgehead atoms. The molecule has 0 aliphatic carbocycles. The van der Waals surface area contributed by atoms with Crippen molar-refractivity contribution in [2.75, 3.05) is 33.0 Å². The lowest BCUT2D eigenvalue weighted by atomic mass is 9.84. The second-order valence-electron chi connectivity index (χ2n) is 10.8. The Morgan fingerprint density at radius 1 is 1.00 bits per heavy atom. The fourth-order valence-electron chi connectivity index (χ4n) is 5.76. The number of likely N-dealkylation sites (tertiary alicyclic amines) is 1. The Kier molecular flexibility index (Phi) is 6.88. The Morgan fingerprint density at radius 3 is 2.50 bits per heavy atom. The van der Waals surface area contributed by atoms with Gasteiger partial charge in [-0.05, 0) is 60.9 Å². The van der Waals surface area contributed by atoms with E-state index >= 15 is 0 Å². The van der Waals surface area contributed by atoms with Gasteiger partial charge in [-0.3, -0.25) is 14.7 Å². The maximum Gasteiger partial charge on any atom is 0.328 e. The molecule has 0 N–H and O–H groups in total. The number of rotatable bonds is 8. The molecule has 192 valence electrons. The molecule has 3 amide bonds. The highest BCUT2D eigenvalue weighted by Crippen LogP contribution is 2.39. The number of urea groups is 1. The van der Waals surface area contributed by atoms with Crippen molar-refractivity contribution in [3.8, 4) is 11.5 Å². The molecule has 1 aromatic heterocycles. The van der Waals surface area contributed by atoms with Gasteiger partial charge in [-0.2, -0.15) is 0 Å². The van der Waals surface area contributed by atoms with Crippen molar-refractivity contribution >= 4 is 11.9 Å². The minimum Gasteiger partial charge on any atom is -0.454 e. The third-order valence-electron chi connectivity index (χ3n) is 7.49. The van der Waals surface area contributed by atoms with Crippen LogP contribution in [0.2, 0.25) is 0 Å². The van der Waals surface area contributed by atoms with Crippen LogP contribution in [0.25, 0.3) is 0 Å². The molecule has 0 radical (unpaired) electrons. The molecule has 2 saturated heterocycles. The number of hydrogen-bond acceptors (Lipinski definition) is 6. The minimum absolute atomic E-state index is 0.0631. The first kappa shape index (κ1) is 24.6. The Morgan fingerprint density at radius 2 is 1.78 bits per heavy atom. The topological polar surface area (TPSA) is 75.2 Å². The number of aromatic nitrogens is 1. The van der Waals surface area contributed by atoms with Gasteiger partial charge in [0, 0.05) is 32.4 Å². The van der Waals surface area contributed by atoms with Crippen molar-refractivity contribution in [1.82, 2.24) is 19.7 Å². The van der Waals surface area contributed by atoms with Crippen molar-refractivity contribution in [3.63, 3.8) is 0 Å². The zero-order chi connectivity index (χ0) is 25.3. The smallest absolute Gasteiger partial charge is 0.328 e. The summed E-state index contributed by atoms with van der Waals surface area (Å²) in [4.78, 5) is 37.2. The van der Waals surface area contributed by atoms with Crippen LogP contribution in [0.4, 0.5) is 4.79 Å². The Balaban J connectivity index is 1.23. The van der Waals surface area contributed by atoms with Gasteiger partial charge in [0.25, 0.3) is 5.91 Å². The van der Waals surface area contributed by atoms with Crippen molar-refractivity contribution in [2.24, 2.45) is 11.8 Å². The quantitative estimate of drug-likeness (QED) is 0.520. The molecule has 0 unspecified atom stereocenters. The normalized spacial score (nSPS) is 20.1. The number of benzene rings is 1. The van der Waals surface area contributed by atoms with E-state index < -0.39 is 5.54 Å². The van der Waals surface area contributed by atoms with Crippen LogP contribution in [0.5, 0.6) is 11.5 Å². The fraction of sp³-hybridized carbons (Fsp3) is 0.536. The van der Waals surface area contributed by atoms with Gasteiger partial charge in [-0.25, -0.2) is 4.79 Å². The van der Waals surface area contributed by atoms with Crippen LogP contribution in [0.3, 0.4) is 0 Å². The standard InChI is InChI=1S/C28H36N4O4/c1-20(2)16-32-27(34)31(18-23-6-4-5-11-29-23)26(33)28(32)9-12-30(13-10-28)17-21(3)14-22-7-8-24-25(15-22)36-19-35-24/h4-8,11,15,20-21H,9-10,12-14,16-19H2,1-3H3/t21-/m1/s1. The number of carbonyl (C=O) groups excluding carboxylic acids is 2. The highest BCUT2D eigenvalue weighted by molar-refractivity contribution is 6.07. The molecule has 1 atom stereocenters. The molecule has 0 saturated carbocycles. The third-order valence-corrected chi connectivity index (χ3v) is 7.49. The van der Waals surface area contributed by atoms with Crippen molar-refractivity contribution in [1.29, 1.82) is 0 Å². The Bertz CT molecular complexity index is 1100. The summed E-state index contributed by atoms with van der Waals surface area (Å²) in [7, 11) is 0. The number of ether oxygens (including phenoxy) is 2. The third kappa shape index (κ3) is 4.78. The van der Waals surface area contributed by atoms with E-state index in [-0.39, 0.29) is 31.2 Å².